The van der Waals surface area contributed by atoms with E-state index in [9.17, 15) is 0 Å². The highest BCUT2D eigenvalue weighted by Crippen LogP contribution is 2.36. The number of aromatic nitrogens is 1. The lowest BCUT2D eigenvalue weighted by molar-refractivity contribution is 0.311. The summed E-state index contributed by atoms with van der Waals surface area (Å²) in [5.41, 5.74) is 6.46. The summed E-state index contributed by atoms with van der Waals surface area (Å²) in [5.74, 6) is 0.874. The molecule has 2 aromatic heterocycles. The predicted octanol–water partition coefficient (Wildman–Crippen LogP) is 4.14. The van der Waals surface area contributed by atoms with Crippen molar-refractivity contribution in [2.75, 3.05) is 13.2 Å². The van der Waals surface area contributed by atoms with E-state index < -0.39 is 0 Å². The number of nitrogens with two attached hydrogens (primary N) is 1. The van der Waals surface area contributed by atoms with E-state index in [-0.39, 0.29) is 0 Å². The van der Waals surface area contributed by atoms with Crippen molar-refractivity contribution in [1.82, 2.24) is 4.98 Å². The molecule has 0 saturated carbocycles. The summed E-state index contributed by atoms with van der Waals surface area (Å²) < 4.78 is 7.02. The molecule has 3 aromatic rings. The maximum absolute atomic E-state index is 5.84. The van der Waals surface area contributed by atoms with Gasteiger partial charge in [0.15, 0.2) is 0 Å². The third-order valence-electron chi connectivity index (χ3n) is 2.97. The molecular weight excluding hydrogens is 288 g/mol. The van der Waals surface area contributed by atoms with Gasteiger partial charge in [-0.05, 0) is 43.0 Å². The van der Waals surface area contributed by atoms with Gasteiger partial charge in [-0.3, -0.25) is 0 Å². The van der Waals surface area contributed by atoms with Crippen molar-refractivity contribution in [1.29, 1.82) is 0 Å². The first kappa shape index (κ1) is 13.5. The normalized spacial score (nSPS) is 11.1. The van der Waals surface area contributed by atoms with Gasteiger partial charge in [0, 0.05) is 0 Å². The average Bonchev–Trinajstić information content (AvgIpc) is 3.11. The summed E-state index contributed by atoms with van der Waals surface area (Å²) >= 11 is 3.43. The number of benzene rings is 1. The molecule has 2 heterocycles. The van der Waals surface area contributed by atoms with Crippen LogP contribution in [0.5, 0.6) is 5.75 Å². The van der Waals surface area contributed by atoms with Gasteiger partial charge in [-0.25, -0.2) is 4.98 Å². The van der Waals surface area contributed by atoms with E-state index in [0.29, 0.717) is 13.2 Å². The van der Waals surface area contributed by atoms with Crippen LogP contribution in [0.15, 0.2) is 35.7 Å². The Labute approximate surface area is 126 Å². The first-order valence-electron chi connectivity index (χ1n) is 6.65. The first-order chi connectivity index (χ1) is 9.88. The van der Waals surface area contributed by atoms with Crippen molar-refractivity contribution in [2.45, 2.75) is 12.8 Å². The minimum Gasteiger partial charge on any atom is -0.491 e. The van der Waals surface area contributed by atoms with Gasteiger partial charge < -0.3 is 10.5 Å². The zero-order valence-electron chi connectivity index (χ0n) is 11.0. The zero-order chi connectivity index (χ0) is 13.8. The molecule has 0 fully saturated rings. The van der Waals surface area contributed by atoms with Crippen molar-refractivity contribution < 1.29 is 4.74 Å². The second-order valence-corrected chi connectivity index (χ2v) is 6.42. The summed E-state index contributed by atoms with van der Waals surface area (Å²) in [6.07, 6.45) is 1.97. The van der Waals surface area contributed by atoms with E-state index in [1.807, 2.05) is 12.1 Å². The highest BCUT2D eigenvalue weighted by Gasteiger charge is 2.10. The topological polar surface area (TPSA) is 48.1 Å². The van der Waals surface area contributed by atoms with Gasteiger partial charge >= 0.3 is 0 Å². The van der Waals surface area contributed by atoms with Gasteiger partial charge in [0.2, 0.25) is 0 Å². The molecule has 0 unspecified atom stereocenters. The van der Waals surface area contributed by atoms with Gasteiger partial charge in [0.25, 0.3) is 0 Å². The van der Waals surface area contributed by atoms with Gasteiger partial charge in [0.05, 0.1) is 16.2 Å². The lowest BCUT2D eigenvalue weighted by Gasteiger charge is -2.05. The molecule has 0 radical (unpaired) electrons. The number of ether oxygens (including phenoxy) is 1. The smallest absolute Gasteiger partial charge is 0.146 e. The number of hydrogen-bond acceptors (Lipinski definition) is 5. The number of rotatable bonds is 6. The maximum Gasteiger partial charge on any atom is 0.146 e. The molecule has 3 rings (SSSR count). The van der Waals surface area contributed by atoms with Gasteiger partial charge in [-0.2, -0.15) is 0 Å². The van der Waals surface area contributed by atoms with Crippen LogP contribution < -0.4 is 10.5 Å². The fourth-order valence-electron chi connectivity index (χ4n) is 1.97. The molecule has 0 amide bonds. The van der Waals surface area contributed by atoms with Crippen LogP contribution in [0.3, 0.4) is 0 Å². The molecule has 104 valence electrons. The van der Waals surface area contributed by atoms with Gasteiger partial charge in [-0.1, -0.05) is 12.1 Å². The summed E-state index contributed by atoms with van der Waals surface area (Å²) in [6, 6.07) is 10.3. The number of para-hydroxylation sites is 1. The molecule has 0 aliphatic heterocycles. The monoisotopic (exact) mass is 304 g/mol. The van der Waals surface area contributed by atoms with E-state index >= 15 is 0 Å². The summed E-state index contributed by atoms with van der Waals surface area (Å²) in [6.45, 7) is 1.41. The SMILES string of the molecule is NCCCCOc1cccc2sc(-c3cccs3)nc12. The maximum atomic E-state index is 5.84. The van der Waals surface area contributed by atoms with Gasteiger partial charge in [-0.15, -0.1) is 22.7 Å². The first-order valence-corrected chi connectivity index (χ1v) is 8.34. The van der Waals surface area contributed by atoms with Crippen molar-refractivity contribution in [3.63, 3.8) is 0 Å². The van der Waals surface area contributed by atoms with E-state index in [0.717, 1.165) is 29.1 Å². The Bertz CT molecular complexity index is 676. The number of thiophene rings is 1. The highest BCUT2D eigenvalue weighted by atomic mass is 32.1. The van der Waals surface area contributed by atoms with Crippen LogP contribution in [0.2, 0.25) is 0 Å². The van der Waals surface area contributed by atoms with Crippen LogP contribution in [0.1, 0.15) is 12.8 Å². The minimum atomic E-state index is 0.697. The third kappa shape index (κ3) is 2.85. The van der Waals surface area contributed by atoms with Crippen LogP contribution in [0.25, 0.3) is 20.1 Å². The van der Waals surface area contributed by atoms with Crippen LogP contribution >= 0.6 is 22.7 Å². The number of unbranched alkanes of at least 4 members (excludes halogenated alkanes) is 1. The Hall–Kier alpha value is -1.43. The molecule has 5 heteroatoms. The number of fused-ring (bicyclic) bond motifs is 1. The second kappa shape index (κ2) is 6.35. The summed E-state index contributed by atoms with van der Waals surface area (Å²) in [4.78, 5) is 5.94. The third-order valence-corrected chi connectivity index (χ3v) is 5.03. The number of hydrogen-bond donors (Lipinski definition) is 1. The Morgan fingerprint density at radius 2 is 2.10 bits per heavy atom. The van der Waals surface area contributed by atoms with Gasteiger partial charge in [0.1, 0.15) is 16.3 Å². The summed E-state index contributed by atoms with van der Waals surface area (Å²) in [7, 11) is 0. The van der Waals surface area contributed by atoms with Crippen LogP contribution in [0, 0.1) is 0 Å². The predicted molar refractivity (Wildman–Crippen MR) is 86.7 cm³/mol. The van der Waals surface area contributed by atoms with E-state index in [2.05, 4.69) is 23.6 Å². The van der Waals surface area contributed by atoms with Crippen LogP contribution in [-0.4, -0.2) is 18.1 Å². The van der Waals surface area contributed by atoms with E-state index in [1.165, 1.54) is 9.58 Å². The van der Waals surface area contributed by atoms with E-state index in [1.54, 1.807) is 22.7 Å². The Morgan fingerprint density at radius 1 is 1.15 bits per heavy atom. The number of thiazole rings is 1. The Balaban J connectivity index is 1.86. The highest BCUT2D eigenvalue weighted by molar-refractivity contribution is 7.25. The molecule has 1 aromatic carbocycles. The standard InChI is InChI=1S/C15H16N2OS2/c16-8-1-2-9-18-11-5-3-6-12-14(11)17-15(20-12)13-7-4-10-19-13/h3-7,10H,1-2,8-9,16H2. The van der Waals surface area contributed by atoms with Crippen molar-refractivity contribution in [2.24, 2.45) is 5.73 Å². The average molecular weight is 304 g/mol. The Morgan fingerprint density at radius 3 is 2.90 bits per heavy atom. The molecule has 3 nitrogen and oxygen atoms in total. The second-order valence-electron chi connectivity index (χ2n) is 4.44. The zero-order valence-corrected chi connectivity index (χ0v) is 12.7. The molecule has 0 aliphatic rings. The van der Waals surface area contributed by atoms with E-state index in [4.69, 9.17) is 15.5 Å². The molecule has 0 atom stereocenters. The molecule has 2 N–H and O–H groups in total. The minimum absolute atomic E-state index is 0.697. The lowest BCUT2D eigenvalue weighted by atomic mass is 10.3. The molecule has 0 aliphatic carbocycles. The van der Waals surface area contributed by atoms with Crippen molar-refractivity contribution in [3.8, 4) is 15.6 Å². The van der Waals surface area contributed by atoms with Crippen LogP contribution in [0.4, 0.5) is 0 Å². The quantitative estimate of drug-likeness (QED) is 0.696. The molecule has 0 saturated heterocycles. The molecular formula is C15H16N2OS2. The fourth-order valence-corrected chi connectivity index (χ4v) is 3.75. The summed E-state index contributed by atoms with van der Waals surface area (Å²) in [5, 5.41) is 3.14. The van der Waals surface area contributed by atoms with Crippen molar-refractivity contribution in [3.05, 3.63) is 35.7 Å². The Kier molecular flexibility index (Phi) is 4.30. The largest absolute Gasteiger partial charge is 0.491 e. The van der Waals surface area contributed by atoms with Crippen molar-refractivity contribution >= 4 is 32.9 Å². The number of nitrogens with zero attached hydrogens (tertiary/aromatic N) is 1. The van der Waals surface area contributed by atoms with Crippen LogP contribution in [-0.2, 0) is 0 Å². The fraction of sp³-hybridized carbons (Fsp3) is 0.267. The molecule has 0 bridgehead atoms. The molecule has 0 spiro atoms. The lowest BCUT2D eigenvalue weighted by Crippen LogP contribution is -2.03. The molecule has 20 heavy (non-hydrogen) atoms.